The lowest BCUT2D eigenvalue weighted by atomic mass is 9.89. The molecular formula is C14H26N4O. The molecule has 0 radical (unpaired) electrons. The van der Waals surface area contributed by atoms with E-state index in [1.54, 1.807) is 7.05 Å². The second-order valence-corrected chi connectivity index (χ2v) is 5.82. The van der Waals surface area contributed by atoms with Crippen molar-refractivity contribution in [2.24, 2.45) is 5.41 Å². The topological polar surface area (TPSA) is 68.2 Å². The molecule has 5 nitrogen and oxygen atoms in total. The van der Waals surface area contributed by atoms with Crippen molar-refractivity contribution in [3.05, 3.63) is 0 Å². The summed E-state index contributed by atoms with van der Waals surface area (Å²) in [7, 11) is 1.69. The quantitative estimate of drug-likeness (QED) is 0.695. The van der Waals surface area contributed by atoms with Crippen molar-refractivity contribution in [2.45, 2.75) is 39.2 Å². The molecule has 1 heterocycles. The molecule has 2 N–H and O–H groups in total. The second-order valence-electron chi connectivity index (χ2n) is 5.82. The number of piperazine rings is 1. The highest BCUT2D eigenvalue weighted by atomic mass is 16.2. The summed E-state index contributed by atoms with van der Waals surface area (Å²) < 4.78 is 0. The summed E-state index contributed by atoms with van der Waals surface area (Å²) in [6.07, 6.45) is 2.99. The maximum absolute atomic E-state index is 11.8. The van der Waals surface area contributed by atoms with Crippen molar-refractivity contribution >= 4 is 5.91 Å². The molecule has 0 aromatic rings. The monoisotopic (exact) mass is 266 g/mol. The first-order valence-corrected chi connectivity index (χ1v) is 7.08. The molecule has 1 fully saturated rings. The van der Waals surface area contributed by atoms with Gasteiger partial charge >= 0.3 is 0 Å². The lowest BCUT2D eigenvalue weighted by Gasteiger charge is -2.35. The molecule has 1 unspecified atom stereocenters. The Balaban J connectivity index is 2.34. The van der Waals surface area contributed by atoms with Crippen molar-refractivity contribution in [3.8, 4) is 6.07 Å². The molecule has 1 aliphatic heterocycles. The Morgan fingerprint density at radius 3 is 2.89 bits per heavy atom. The number of rotatable bonds is 6. The van der Waals surface area contributed by atoms with Crippen molar-refractivity contribution in [1.82, 2.24) is 15.5 Å². The minimum atomic E-state index is -0.232. The van der Waals surface area contributed by atoms with Crippen LogP contribution in [-0.4, -0.2) is 50.1 Å². The fourth-order valence-electron chi connectivity index (χ4n) is 2.38. The van der Waals surface area contributed by atoms with E-state index in [1.165, 1.54) is 0 Å². The summed E-state index contributed by atoms with van der Waals surface area (Å²) in [5.74, 6) is 0.0876. The molecule has 0 bridgehead atoms. The number of hydrogen-bond donors (Lipinski definition) is 2. The molecule has 0 aliphatic carbocycles. The number of hydrogen-bond acceptors (Lipinski definition) is 4. The molecule has 0 spiro atoms. The van der Waals surface area contributed by atoms with Gasteiger partial charge in [-0.15, -0.1) is 0 Å². The molecule has 0 aromatic heterocycles. The minimum absolute atomic E-state index is 0.0530. The second kappa shape index (κ2) is 7.46. The third-order valence-corrected chi connectivity index (χ3v) is 3.70. The first-order valence-electron chi connectivity index (χ1n) is 7.08. The van der Waals surface area contributed by atoms with Gasteiger partial charge in [-0.3, -0.25) is 9.69 Å². The predicted octanol–water partition coefficient (Wildman–Crippen LogP) is 0.726. The van der Waals surface area contributed by atoms with Crippen molar-refractivity contribution < 1.29 is 4.79 Å². The standard InChI is InChI=1S/C14H26N4O/c1-14(2,11-15)6-4-5-8-18-9-7-17-10-12(18)13(19)16-3/h12,17H,4-10H2,1-3H3,(H,16,19). The van der Waals surface area contributed by atoms with E-state index in [0.717, 1.165) is 45.4 Å². The molecule has 108 valence electrons. The van der Waals surface area contributed by atoms with Crippen LogP contribution in [0.15, 0.2) is 0 Å². The van der Waals surface area contributed by atoms with Crippen LogP contribution in [0.4, 0.5) is 0 Å². The Bertz CT molecular complexity index is 335. The van der Waals surface area contributed by atoms with Crippen LogP contribution in [0.25, 0.3) is 0 Å². The number of nitrogens with zero attached hydrogens (tertiary/aromatic N) is 2. The van der Waals surface area contributed by atoms with Gasteiger partial charge in [-0.25, -0.2) is 0 Å². The van der Waals surface area contributed by atoms with E-state index < -0.39 is 0 Å². The Hall–Kier alpha value is -1.12. The third-order valence-electron chi connectivity index (χ3n) is 3.70. The lowest BCUT2D eigenvalue weighted by molar-refractivity contribution is -0.126. The average molecular weight is 266 g/mol. The SMILES string of the molecule is CNC(=O)C1CNCCN1CCCCC(C)(C)C#N. The highest BCUT2D eigenvalue weighted by Gasteiger charge is 2.27. The normalized spacial score (nSPS) is 20.8. The van der Waals surface area contributed by atoms with Crippen LogP contribution in [0.1, 0.15) is 33.1 Å². The molecule has 0 aromatic carbocycles. The fourth-order valence-corrected chi connectivity index (χ4v) is 2.38. The maximum atomic E-state index is 11.8. The molecule has 1 saturated heterocycles. The number of nitriles is 1. The minimum Gasteiger partial charge on any atom is -0.358 e. The van der Waals surface area contributed by atoms with Gasteiger partial charge in [-0.1, -0.05) is 6.42 Å². The largest absolute Gasteiger partial charge is 0.358 e. The lowest BCUT2D eigenvalue weighted by Crippen LogP contribution is -2.57. The summed E-state index contributed by atoms with van der Waals surface area (Å²) in [6.45, 7) is 7.47. The number of amides is 1. The summed E-state index contributed by atoms with van der Waals surface area (Å²) in [5, 5.41) is 15.0. The molecule has 1 amide bonds. The fraction of sp³-hybridized carbons (Fsp3) is 0.857. The molecule has 0 saturated carbocycles. The van der Waals surface area contributed by atoms with E-state index >= 15 is 0 Å². The number of likely N-dealkylation sites (N-methyl/N-ethyl adjacent to an activating group) is 1. The summed E-state index contributed by atoms with van der Waals surface area (Å²) >= 11 is 0. The van der Waals surface area contributed by atoms with E-state index in [2.05, 4.69) is 21.6 Å². The highest BCUT2D eigenvalue weighted by Crippen LogP contribution is 2.21. The molecule has 1 rings (SSSR count). The van der Waals surface area contributed by atoms with E-state index in [1.807, 2.05) is 13.8 Å². The summed E-state index contributed by atoms with van der Waals surface area (Å²) in [6, 6.07) is 2.28. The first-order chi connectivity index (χ1) is 9.00. The maximum Gasteiger partial charge on any atom is 0.238 e. The van der Waals surface area contributed by atoms with Crippen LogP contribution < -0.4 is 10.6 Å². The number of carbonyl (C=O) groups excluding carboxylic acids is 1. The molecule has 5 heteroatoms. The van der Waals surface area contributed by atoms with E-state index in [0.29, 0.717) is 0 Å². The van der Waals surface area contributed by atoms with Gasteiger partial charge in [0.15, 0.2) is 0 Å². The van der Waals surface area contributed by atoms with Gasteiger partial charge in [0.1, 0.15) is 6.04 Å². The number of carbonyl (C=O) groups is 1. The average Bonchev–Trinajstić information content (AvgIpc) is 2.43. The zero-order valence-corrected chi connectivity index (χ0v) is 12.3. The number of nitrogens with one attached hydrogen (secondary N) is 2. The Morgan fingerprint density at radius 2 is 2.26 bits per heavy atom. The third kappa shape index (κ3) is 5.17. The molecule has 1 aliphatic rings. The smallest absolute Gasteiger partial charge is 0.238 e. The van der Waals surface area contributed by atoms with Crippen LogP contribution in [0.3, 0.4) is 0 Å². The van der Waals surface area contributed by atoms with E-state index in [4.69, 9.17) is 5.26 Å². The molecular weight excluding hydrogens is 240 g/mol. The van der Waals surface area contributed by atoms with Gasteiger partial charge in [0.2, 0.25) is 5.91 Å². The summed E-state index contributed by atoms with van der Waals surface area (Å²) in [4.78, 5) is 14.0. The molecule has 19 heavy (non-hydrogen) atoms. The van der Waals surface area contributed by atoms with E-state index in [-0.39, 0.29) is 17.4 Å². The first kappa shape index (κ1) is 15.9. The van der Waals surface area contributed by atoms with Gasteiger partial charge in [0.05, 0.1) is 11.5 Å². The van der Waals surface area contributed by atoms with Crippen LogP contribution in [0, 0.1) is 16.7 Å². The van der Waals surface area contributed by atoms with Gasteiger partial charge in [0.25, 0.3) is 0 Å². The Morgan fingerprint density at radius 1 is 1.53 bits per heavy atom. The van der Waals surface area contributed by atoms with Gasteiger partial charge in [-0.05, 0) is 33.2 Å². The van der Waals surface area contributed by atoms with Crippen LogP contribution in [-0.2, 0) is 4.79 Å². The zero-order valence-electron chi connectivity index (χ0n) is 12.3. The Labute approximate surface area is 116 Å². The summed E-state index contributed by atoms with van der Waals surface area (Å²) in [5.41, 5.74) is -0.232. The van der Waals surface area contributed by atoms with Crippen LogP contribution in [0.2, 0.25) is 0 Å². The van der Waals surface area contributed by atoms with Crippen LogP contribution >= 0.6 is 0 Å². The predicted molar refractivity (Wildman–Crippen MR) is 75.5 cm³/mol. The van der Waals surface area contributed by atoms with Gasteiger partial charge in [-0.2, -0.15) is 5.26 Å². The number of unbranched alkanes of at least 4 members (excludes halogenated alkanes) is 1. The van der Waals surface area contributed by atoms with Crippen LogP contribution in [0.5, 0.6) is 0 Å². The molecule has 1 atom stereocenters. The van der Waals surface area contributed by atoms with Crippen molar-refractivity contribution in [1.29, 1.82) is 5.26 Å². The van der Waals surface area contributed by atoms with Crippen molar-refractivity contribution in [3.63, 3.8) is 0 Å². The Kier molecular flexibility index (Phi) is 6.26. The zero-order chi connectivity index (χ0) is 14.3. The van der Waals surface area contributed by atoms with Crippen molar-refractivity contribution in [2.75, 3.05) is 33.2 Å². The van der Waals surface area contributed by atoms with Gasteiger partial charge in [0, 0.05) is 26.7 Å². The highest BCUT2D eigenvalue weighted by molar-refractivity contribution is 5.81. The van der Waals surface area contributed by atoms with Gasteiger partial charge < -0.3 is 10.6 Å². The van der Waals surface area contributed by atoms with E-state index in [9.17, 15) is 4.79 Å².